The van der Waals surface area contributed by atoms with Crippen molar-refractivity contribution in [3.63, 3.8) is 0 Å². The molecule has 1 aromatic rings. The molecule has 0 aliphatic rings. The summed E-state index contributed by atoms with van der Waals surface area (Å²) < 4.78 is 1.05. The summed E-state index contributed by atoms with van der Waals surface area (Å²) in [4.78, 5) is 20.4. The summed E-state index contributed by atoms with van der Waals surface area (Å²) in [6.07, 6.45) is 1.27. The molecule has 0 saturated heterocycles. The van der Waals surface area contributed by atoms with Gasteiger partial charge < -0.3 is 15.2 Å². The van der Waals surface area contributed by atoms with Crippen molar-refractivity contribution in [2.24, 2.45) is 0 Å². The highest BCUT2D eigenvalue weighted by molar-refractivity contribution is 5.75. The summed E-state index contributed by atoms with van der Waals surface area (Å²) in [7, 11) is 0. The Bertz CT molecular complexity index is 382. The van der Waals surface area contributed by atoms with Crippen LogP contribution in [0.4, 0.5) is 5.82 Å². The van der Waals surface area contributed by atoms with Crippen LogP contribution in [0.3, 0.4) is 0 Å². The molecule has 0 fully saturated rings. The zero-order chi connectivity index (χ0) is 10.9. The monoisotopic (exact) mass is 199 g/mol. The second-order valence-electron chi connectivity index (χ2n) is 3.24. The molecule has 1 aromatic heterocycles. The molecule has 1 N–H and O–H groups in total. The van der Waals surface area contributed by atoms with Crippen LogP contribution in [0.1, 0.15) is 13.8 Å². The third kappa shape index (κ3) is 1.56. The maximum atomic E-state index is 10.8. The van der Waals surface area contributed by atoms with Crippen LogP contribution in [0.15, 0.2) is 12.3 Å². The van der Waals surface area contributed by atoms with Crippen LogP contribution in [0.5, 0.6) is 0 Å². The maximum Gasteiger partial charge on any atom is 0.389 e. The predicted octanol–water partition coefficient (Wildman–Crippen LogP) is 0.611. The molecule has 0 radical (unpaired) electrons. The minimum Gasteiger partial charge on any atom is -0.479 e. The van der Waals surface area contributed by atoms with Gasteiger partial charge in [0.25, 0.3) is 0 Å². The highest BCUT2D eigenvalue weighted by atomic mass is 16.6. The van der Waals surface area contributed by atoms with Gasteiger partial charge in [0.1, 0.15) is 0 Å². The fraction of sp³-hybridized carbons (Fsp3) is 0.429. The van der Waals surface area contributed by atoms with Crippen molar-refractivity contribution in [2.75, 3.05) is 0 Å². The van der Waals surface area contributed by atoms with Crippen LogP contribution in [0.2, 0.25) is 0 Å². The van der Waals surface area contributed by atoms with E-state index in [0.717, 1.165) is 10.7 Å². The largest absolute Gasteiger partial charge is 0.479 e. The lowest BCUT2D eigenvalue weighted by molar-refractivity contribution is -0.389. The summed E-state index contributed by atoms with van der Waals surface area (Å²) in [5.41, 5.74) is -1.28. The fourth-order valence-electron chi connectivity index (χ4n) is 0.821. The average molecular weight is 199 g/mol. The van der Waals surface area contributed by atoms with E-state index in [-0.39, 0.29) is 5.82 Å². The Morgan fingerprint density at radius 2 is 2.29 bits per heavy atom. The minimum atomic E-state index is -1.28. The third-order valence-corrected chi connectivity index (χ3v) is 1.86. The minimum absolute atomic E-state index is 0.362. The van der Waals surface area contributed by atoms with E-state index in [1.165, 1.54) is 20.0 Å². The molecule has 0 aliphatic carbocycles. The second-order valence-corrected chi connectivity index (χ2v) is 3.24. The molecule has 0 saturated carbocycles. The van der Waals surface area contributed by atoms with Crippen LogP contribution >= 0.6 is 0 Å². The van der Waals surface area contributed by atoms with Crippen molar-refractivity contribution in [1.82, 2.24) is 9.78 Å². The van der Waals surface area contributed by atoms with Crippen LogP contribution in [0, 0.1) is 10.1 Å². The molecular weight excluding hydrogens is 190 g/mol. The summed E-state index contributed by atoms with van der Waals surface area (Å²) >= 11 is 0. The number of aliphatic carboxylic acids is 1. The third-order valence-electron chi connectivity index (χ3n) is 1.86. The van der Waals surface area contributed by atoms with Gasteiger partial charge in [-0.25, -0.2) is 4.79 Å². The van der Waals surface area contributed by atoms with Crippen LogP contribution in [-0.2, 0) is 10.3 Å². The highest BCUT2D eigenvalue weighted by Gasteiger charge is 2.33. The smallest absolute Gasteiger partial charge is 0.389 e. The maximum absolute atomic E-state index is 10.8. The average Bonchev–Trinajstić information content (AvgIpc) is 2.51. The molecule has 0 atom stereocenters. The first-order valence-electron chi connectivity index (χ1n) is 3.79. The van der Waals surface area contributed by atoms with Crippen molar-refractivity contribution in [2.45, 2.75) is 19.4 Å². The molecule has 7 heteroatoms. The van der Waals surface area contributed by atoms with Gasteiger partial charge in [0.15, 0.2) is 5.54 Å². The lowest BCUT2D eigenvalue weighted by Crippen LogP contribution is -2.36. The summed E-state index contributed by atoms with van der Waals surface area (Å²) in [5, 5.41) is 22.6. The van der Waals surface area contributed by atoms with Gasteiger partial charge in [0.2, 0.25) is 0 Å². The Hall–Kier alpha value is -1.92. The van der Waals surface area contributed by atoms with E-state index in [4.69, 9.17) is 5.11 Å². The van der Waals surface area contributed by atoms with Crippen molar-refractivity contribution < 1.29 is 14.8 Å². The zero-order valence-corrected chi connectivity index (χ0v) is 7.67. The fourth-order valence-corrected chi connectivity index (χ4v) is 0.821. The first-order valence-corrected chi connectivity index (χ1v) is 3.79. The standard InChI is InChI=1S/C7H9N3O4/c1-7(2,6(11)12)9-4-3-5(8-9)10(13)14/h3-4H,1-2H3,(H,11,12). The van der Waals surface area contributed by atoms with Gasteiger partial charge in [-0.15, -0.1) is 0 Å². The predicted molar refractivity (Wildman–Crippen MR) is 45.8 cm³/mol. The van der Waals surface area contributed by atoms with Gasteiger partial charge in [-0.3, -0.25) is 0 Å². The first-order chi connectivity index (χ1) is 6.35. The molecule has 14 heavy (non-hydrogen) atoms. The summed E-state index contributed by atoms with van der Waals surface area (Å²) in [6.45, 7) is 2.82. The second kappa shape index (κ2) is 3.09. The summed E-state index contributed by atoms with van der Waals surface area (Å²) in [6, 6.07) is 1.16. The quantitative estimate of drug-likeness (QED) is 0.568. The van der Waals surface area contributed by atoms with Crippen molar-refractivity contribution in [3.05, 3.63) is 22.4 Å². The lowest BCUT2D eigenvalue weighted by Gasteiger charge is -2.15. The number of rotatable bonds is 3. The van der Waals surface area contributed by atoms with Gasteiger partial charge in [0.05, 0.1) is 17.4 Å². The van der Waals surface area contributed by atoms with Gasteiger partial charge in [-0.05, 0) is 18.8 Å². The summed E-state index contributed by atoms with van der Waals surface area (Å²) in [5.74, 6) is -1.46. The molecule has 7 nitrogen and oxygen atoms in total. The number of nitrogens with zero attached hydrogens (tertiary/aromatic N) is 3. The highest BCUT2D eigenvalue weighted by Crippen LogP contribution is 2.16. The Labute approximate surface area is 79.1 Å². The number of hydrogen-bond acceptors (Lipinski definition) is 4. The van der Waals surface area contributed by atoms with E-state index < -0.39 is 16.4 Å². The van der Waals surface area contributed by atoms with E-state index >= 15 is 0 Å². The molecule has 0 aromatic carbocycles. The van der Waals surface area contributed by atoms with Crippen LogP contribution in [0.25, 0.3) is 0 Å². The number of aromatic nitrogens is 2. The molecule has 0 aliphatic heterocycles. The van der Waals surface area contributed by atoms with E-state index in [1.807, 2.05) is 0 Å². The van der Waals surface area contributed by atoms with Crippen LogP contribution in [-0.4, -0.2) is 25.8 Å². The Morgan fingerprint density at radius 1 is 1.71 bits per heavy atom. The number of carboxylic acid groups (broad SMARTS) is 1. The number of hydrogen-bond donors (Lipinski definition) is 1. The van der Waals surface area contributed by atoms with Crippen molar-refractivity contribution in [1.29, 1.82) is 0 Å². The first kappa shape index (κ1) is 10.2. The van der Waals surface area contributed by atoms with E-state index in [2.05, 4.69) is 5.10 Å². The van der Waals surface area contributed by atoms with Gasteiger partial charge in [-0.1, -0.05) is 0 Å². The SMILES string of the molecule is CC(C)(C(=O)O)n1ccc([N+](=O)[O-])n1. The Kier molecular flexibility index (Phi) is 2.24. The zero-order valence-electron chi connectivity index (χ0n) is 7.67. The van der Waals surface area contributed by atoms with Gasteiger partial charge in [-0.2, -0.15) is 4.68 Å². The van der Waals surface area contributed by atoms with Crippen molar-refractivity contribution >= 4 is 11.8 Å². The molecule has 0 unspecified atom stereocenters. The molecule has 0 spiro atoms. The number of nitro groups is 1. The van der Waals surface area contributed by atoms with E-state index in [0.29, 0.717) is 0 Å². The van der Waals surface area contributed by atoms with E-state index in [1.54, 1.807) is 0 Å². The van der Waals surface area contributed by atoms with Gasteiger partial charge >= 0.3 is 11.8 Å². The molecular formula is C7H9N3O4. The topological polar surface area (TPSA) is 98.3 Å². The molecule has 76 valence electrons. The number of carbonyl (C=O) groups is 1. The van der Waals surface area contributed by atoms with Crippen molar-refractivity contribution in [3.8, 4) is 0 Å². The Morgan fingerprint density at radius 3 is 2.64 bits per heavy atom. The van der Waals surface area contributed by atoms with E-state index in [9.17, 15) is 14.9 Å². The van der Waals surface area contributed by atoms with Crippen LogP contribution < -0.4 is 0 Å². The lowest BCUT2D eigenvalue weighted by atomic mass is 10.1. The van der Waals surface area contributed by atoms with Gasteiger partial charge in [0, 0.05) is 0 Å². The normalized spacial score (nSPS) is 11.3. The molecule has 1 rings (SSSR count). The molecule has 1 heterocycles. The number of carboxylic acids is 1. The Balaban J connectivity index is 3.09. The molecule has 0 amide bonds. The molecule has 0 bridgehead atoms.